The summed E-state index contributed by atoms with van der Waals surface area (Å²) in [7, 11) is 0.302. The SMILES string of the molecule is C/S(=C\C(CS)SCC(CS)SCCS)CS. The van der Waals surface area contributed by atoms with E-state index in [-0.39, 0.29) is 0 Å². The molecule has 0 aliphatic heterocycles. The molecule has 0 aliphatic carbocycles. The highest BCUT2D eigenvalue weighted by Gasteiger charge is 2.11. The quantitative estimate of drug-likeness (QED) is 0.345. The molecule has 0 radical (unpaired) electrons. The van der Waals surface area contributed by atoms with Gasteiger partial charge in [-0.2, -0.15) is 84.5 Å². The van der Waals surface area contributed by atoms with Crippen LogP contribution in [0.15, 0.2) is 0 Å². The van der Waals surface area contributed by atoms with Crippen LogP contribution in [0.4, 0.5) is 0 Å². The molecule has 7 heteroatoms. The highest BCUT2D eigenvalue weighted by molar-refractivity contribution is 8.21. The van der Waals surface area contributed by atoms with E-state index in [0.717, 1.165) is 33.8 Å². The summed E-state index contributed by atoms with van der Waals surface area (Å²) in [5, 5.41) is 4.50. The van der Waals surface area contributed by atoms with Crippen LogP contribution in [0.1, 0.15) is 0 Å². The van der Waals surface area contributed by atoms with Gasteiger partial charge in [0.25, 0.3) is 0 Å². The summed E-state index contributed by atoms with van der Waals surface area (Å²) in [6.45, 7) is 0. The Morgan fingerprint density at radius 2 is 1.82 bits per heavy atom. The lowest BCUT2D eigenvalue weighted by molar-refractivity contribution is 1.14. The Labute approximate surface area is 139 Å². The molecule has 0 heterocycles. The molecule has 0 amide bonds. The van der Waals surface area contributed by atoms with E-state index in [4.69, 9.17) is 0 Å². The number of thioether (sulfide) groups is 2. The molecule has 3 atom stereocenters. The first-order valence-corrected chi connectivity index (χ1v) is 11.8. The van der Waals surface area contributed by atoms with Gasteiger partial charge in [-0.1, -0.05) is 0 Å². The van der Waals surface area contributed by atoms with Crippen molar-refractivity contribution in [3.05, 3.63) is 0 Å². The fraction of sp³-hybridized carbons (Fsp3) is 0.900. The first-order chi connectivity index (χ1) is 8.17. The van der Waals surface area contributed by atoms with E-state index in [1.54, 1.807) is 0 Å². The molecule has 0 aliphatic rings. The lowest BCUT2D eigenvalue weighted by Gasteiger charge is -2.17. The van der Waals surface area contributed by atoms with Crippen molar-refractivity contribution in [1.29, 1.82) is 0 Å². The third-order valence-corrected chi connectivity index (χ3v) is 9.14. The number of thiol groups is 4. The van der Waals surface area contributed by atoms with E-state index in [9.17, 15) is 0 Å². The summed E-state index contributed by atoms with van der Waals surface area (Å²) in [6, 6.07) is 0. The topological polar surface area (TPSA) is 0 Å². The Bertz CT molecular complexity index is 207. The van der Waals surface area contributed by atoms with Gasteiger partial charge in [0.1, 0.15) is 0 Å². The Balaban J connectivity index is 4.02. The van der Waals surface area contributed by atoms with Crippen LogP contribution in [0.25, 0.3) is 0 Å². The van der Waals surface area contributed by atoms with Crippen molar-refractivity contribution in [2.75, 3.05) is 40.1 Å². The van der Waals surface area contributed by atoms with E-state index in [2.05, 4.69) is 62.1 Å². The molecule has 0 aromatic heterocycles. The first-order valence-electron chi connectivity index (χ1n) is 5.30. The van der Waals surface area contributed by atoms with Crippen molar-refractivity contribution in [3.8, 4) is 0 Å². The predicted molar refractivity (Wildman–Crippen MR) is 107 cm³/mol. The maximum Gasteiger partial charge on any atom is 0.0369 e. The molecule has 0 N–H and O–H groups in total. The van der Waals surface area contributed by atoms with Gasteiger partial charge in [-0.3, -0.25) is 0 Å². The lowest BCUT2D eigenvalue weighted by Crippen LogP contribution is -2.15. The summed E-state index contributed by atoms with van der Waals surface area (Å²) in [6.07, 6.45) is 2.23. The van der Waals surface area contributed by atoms with Crippen molar-refractivity contribution >= 4 is 89.9 Å². The molecule has 0 rings (SSSR count). The zero-order chi connectivity index (χ0) is 13.1. The Morgan fingerprint density at radius 3 is 2.29 bits per heavy atom. The number of hydrogen-bond acceptors (Lipinski definition) is 6. The monoisotopic (exact) mass is 366 g/mol. The standard InChI is InChI=1S/C10H22S7/c1-17(8-14)7-10(5-13)16-6-9(4-12)15-3-2-11/h7,9-14H,2-6,8H2,1H3. The van der Waals surface area contributed by atoms with E-state index in [1.807, 2.05) is 23.5 Å². The smallest absolute Gasteiger partial charge is 0.0369 e. The number of hydrogen-bond donors (Lipinski definition) is 4. The maximum absolute atomic E-state index is 4.42. The van der Waals surface area contributed by atoms with Crippen molar-refractivity contribution < 1.29 is 0 Å². The van der Waals surface area contributed by atoms with E-state index in [1.165, 1.54) is 0 Å². The lowest BCUT2D eigenvalue weighted by atomic mass is 10.5. The molecular formula is C10H22S7. The van der Waals surface area contributed by atoms with Crippen LogP contribution in [0.3, 0.4) is 0 Å². The fourth-order valence-corrected chi connectivity index (χ4v) is 6.23. The van der Waals surface area contributed by atoms with Gasteiger partial charge in [-0.25, -0.2) is 0 Å². The molecule has 0 saturated heterocycles. The molecule has 0 aromatic carbocycles. The molecule has 0 fully saturated rings. The minimum atomic E-state index is 0.302. The third kappa shape index (κ3) is 10.7. The minimum absolute atomic E-state index is 0.302. The third-order valence-electron chi connectivity index (χ3n) is 1.91. The van der Waals surface area contributed by atoms with Gasteiger partial charge in [0.15, 0.2) is 0 Å². The van der Waals surface area contributed by atoms with Crippen LogP contribution in [0, 0.1) is 0 Å². The van der Waals surface area contributed by atoms with Crippen LogP contribution in [-0.4, -0.2) is 56.0 Å². The number of rotatable bonds is 10. The fourth-order valence-electron chi connectivity index (χ4n) is 1.04. The molecular weight excluding hydrogens is 345 g/mol. The molecule has 0 nitrogen and oxygen atoms in total. The summed E-state index contributed by atoms with van der Waals surface area (Å²) in [5.74, 6) is 5.05. The molecule has 0 bridgehead atoms. The van der Waals surface area contributed by atoms with E-state index >= 15 is 0 Å². The minimum Gasteiger partial charge on any atom is -0.182 e. The van der Waals surface area contributed by atoms with Gasteiger partial charge >= 0.3 is 0 Å². The summed E-state index contributed by atoms with van der Waals surface area (Å²) < 4.78 is 0. The van der Waals surface area contributed by atoms with Crippen molar-refractivity contribution in [2.24, 2.45) is 0 Å². The van der Waals surface area contributed by atoms with Crippen LogP contribution in [0.2, 0.25) is 0 Å². The zero-order valence-corrected chi connectivity index (χ0v) is 16.0. The second-order valence-corrected chi connectivity index (χ2v) is 9.95. The van der Waals surface area contributed by atoms with Gasteiger partial charge in [-0.15, -0.1) is 0 Å². The van der Waals surface area contributed by atoms with Gasteiger partial charge < -0.3 is 0 Å². The van der Waals surface area contributed by atoms with E-state index in [0.29, 0.717) is 21.0 Å². The van der Waals surface area contributed by atoms with Crippen molar-refractivity contribution in [1.82, 2.24) is 0 Å². The highest BCUT2D eigenvalue weighted by atomic mass is 32.2. The van der Waals surface area contributed by atoms with Gasteiger partial charge in [-0.05, 0) is 17.4 Å². The van der Waals surface area contributed by atoms with Crippen LogP contribution >= 0.6 is 84.5 Å². The normalized spacial score (nSPS) is 17.0. The molecule has 0 spiro atoms. The largest absolute Gasteiger partial charge is 0.182 e. The first kappa shape index (κ1) is 19.3. The Hall–Kier alpha value is 2.32. The van der Waals surface area contributed by atoms with Gasteiger partial charge in [0.2, 0.25) is 0 Å². The van der Waals surface area contributed by atoms with Crippen LogP contribution < -0.4 is 0 Å². The molecule has 17 heavy (non-hydrogen) atoms. The summed E-state index contributed by atoms with van der Waals surface area (Å²) in [4.78, 5) is 0. The van der Waals surface area contributed by atoms with Gasteiger partial charge in [0, 0.05) is 38.6 Å². The van der Waals surface area contributed by atoms with Crippen LogP contribution in [0.5, 0.6) is 0 Å². The average Bonchev–Trinajstić information content (AvgIpc) is 2.37. The second kappa shape index (κ2) is 13.3. The maximum atomic E-state index is 4.42. The van der Waals surface area contributed by atoms with Crippen molar-refractivity contribution in [2.45, 2.75) is 10.5 Å². The molecule has 0 saturated carbocycles. The van der Waals surface area contributed by atoms with E-state index < -0.39 is 0 Å². The molecule has 0 aromatic rings. The average molecular weight is 367 g/mol. The zero-order valence-electron chi connectivity index (χ0n) is 9.99. The van der Waals surface area contributed by atoms with Gasteiger partial charge in [0.05, 0.1) is 0 Å². The second-order valence-electron chi connectivity index (χ2n) is 3.41. The molecule has 104 valence electrons. The Morgan fingerprint density at radius 1 is 1.12 bits per heavy atom. The predicted octanol–water partition coefficient (Wildman–Crippen LogP) is 3.57. The van der Waals surface area contributed by atoms with Crippen LogP contribution in [-0.2, 0) is 0 Å². The Kier molecular flexibility index (Phi) is 15.1. The summed E-state index contributed by atoms with van der Waals surface area (Å²) in [5.41, 5.74) is 0. The molecule has 3 unspecified atom stereocenters. The highest BCUT2D eigenvalue weighted by Crippen LogP contribution is 2.23. The summed E-state index contributed by atoms with van der Waals surface area (Å²) >= 11 is 21.4. The van der Waals surface area contributed by atoms with Crippen molar-refractivity contribution in [3.63, 3.8) is 0 Å².